The van der Waals surface area contributed by atoms with Gasteiger partial charge in [-0.1, -0.05) is 33.6 Å². The third-order valence-electron chi connectivity index (χ3n) is 8.42. The Hall–Kier alpha value is -0.0800. The molecule has 4 fully saturated rings. The third-order valence-corrected chi connectivity index (χ3v) is 8.42. The highest BCUT2D eigenvalue weighted by molar-refractivity contribution is 5.14. The standard InChI is InChI=1S/C18H31NO/c1-16(2)12-6-9-17(16,3)14(10-12)20-15-11-13(19)18(15)7-4-5-8-18/h12-15H,4-11,19H2,1-3H3. The van der Waals surface area contributed by atoms with Gasteiger partial charge in [0.1, 0.15) is 0 Å². The second kappa shape index (κ2) is 4.01. The molecule has 4 rings (SSSR count). The van der Waals surface area contributed by atoms with Gasteiger partial charge in [-0.15, -0.1) is 0 Å². The number of nitrogens with two attached hydrogens (primary N) is 1. The summed E-state index contributed by atoms with van der Waals surface area (Å²) in [4.78, 5) is 0. The van der Waals surface area contributed by atoms with Crippen molar-refractivity contribution < 1.29 is 4.74 Å². The fourth-order valence-corrected chi connectivity index (χ4v) is 6.23. The van der Waals surface area contributed by atoms with Gasteiger partial charge >= 0.3 is 0 Å². The lowest BCUT2D eigenvalue weighted by Crippen LogP contribution is -2.62. The second-order valence-electron chi connectivity index (χ2n) is 9.01. The smallest absolute Gasteiger partial charge is 0.0665 e. The van der Waals surface area contributed by atoms with Gasteiger partial charge < -0.3 is 10.5 Å². The summed E-state index contributed by atoms with van der Waals surface area (Å²) in [5, 5.41) is 0. The topological polar surface area (TPSA) is 35.2 Å². The van der Waals surface area contributed by atoms with Crippen LogP contribution in [0.25, 0.3) is 0 Å². The van der Waals surface area contributed by atoms with Crippen LogP contribution in [-0.2, 0) is 4.74 Å². The highest BCUT2D eigenvalue weighted by Crippen LogP contribution is 2.67. The molecule has 2 nitrogen and oxygen atoms in total. The first-order chi connectivity index (χ1) is 9.40. The van der Waals surface area contributed by atoms with Crippen LogP contribution < -0.4 is 5.73 Å². The summed E-state index contributed by atoms with van der Waals surface area (Å²) in [5.74, 6) is 0.880. The molecule has 0 aliphatic heterocycles. The molecule has 20 heavy (non-hydrogen) atoms. The van der Waals surface area contributed by atoms with E-state index < -0.39 is 0 Å². The zero-order valence-corrected chi connectivity index (χ0v) is 13.5. The summed E-state index contributed by atoms with van der Waals surface area (Å²) in [6.07, 6.45) is 11.5. The van der Waals surface area contributed by atoms with Gasteiger partial charge in [-0.05, 0) is 55.3 Å². The first-order valence-corrected chi connectivity index (χ1v) is 8.81. The average Bonchev–Trinajstić information content (AvgIpc) is 3.03. The van der Waals surface area contributed by atoms with Gasteiger partial charge in [0.05, 0.1) is 12.2 Å². The Kier molecular flexibility index (Phi) is 2.72. The quantitative estimate of drug-likeness (QED) is 0.831. The summed E-state index contributed by atoms with van der Waals surface area (Å²) < 4.78 is 6.75. The van der Waals surface area contributed by atoms with E-state index in [1.807, 2.05) is 0 Å². The number of rotatable bonds is 2. The van der Waals surface area contributed by atoms with Crippen LogP contribution in [0.15, 0.2) is 0 Å². The minimum Gasteiger partial charge on any atom is -0.374 e. The summed E-state index contributed by atoms with van der Waals surface area (Å²) in [6.45, 7) is 7.45. The minimum absolute atomic E-state index is 0.363. The van der Waals surface area contributed by atoms with E-state index in [2.05, 4.69) is 20.8 Å². The van der Waals surface area contributed by atoms with Gasteiger partial charge in [-0.3, -0.25) is 0 Å². The molecule has 2 N–H and O–H groups in total. The predicted molar refractivity (Wildman–Crippen MR) is 81.4 cm³/mol. The zero-order valence-electron chi connectivity index (χ0n) is 13.5. The maximum atomic E-state index is 6.75. The first kappa shape index (κ1) is 13.6. The number of hydrogen-bond donors (Lipinski definition) is 1. The SMILES string of the molecule is CC1(C)C2CCC1(C)C(OC1CC(N)C13CCCC3)C2. The van der Waals surface area contributed by atoms with E-state index in [4.69, 9.17) is 10.5 Å². The highest BCUT2D eigenvalue weighted by atomic mass is 16.5. The molecular formula is C18H31NO. The van der Waals surface area contributed by atoms with Crippen LogP contribution in [0, 0.1) is 22.2 Å². The summed E-state index contributed by atoms with van der Waals surface area (Å²) in [7, 11) is 0. The lowest BCUT2D eigenvalue weighted by atomic mass is 9.60. The molecule has 0 aromatic carbocycles. The molecule has 5 atom stereocenters. The molecule has 2 bridgehead atoms. The monoisotopic (exact) mass is 277 g/mol. The van der Waals surface area contributed by atoms with E-state index in [1.54, 1.807) is 0 Å². The summed E-state index contributed by atoms with van der Waals surface area (Å²) in [6, 6.07) is 0.411. The molecular weight excluding hydrogens is 246 g/mol. The highest BCUT2D eigenvalue weighted by Gasteiger charge is 2.64. The largest absolute Gasteiger partial charge is 0.374 e. The Morgan fingerprint density at radius 1 is 0.950 bits per heavy atom. The van der Waals surface area contributed by atoms with Crippen LogP contribution >= 0.6 is 0 Å². The van der Waals surface area contributed by atoms with E-state index in [1.165, 1.54) is 44.9 Å². The lowest BCUT2D eigenvalue weighted by Gasteiger charge is -2.54. The summed E-state index contributed by atoms with van der Waals surface area (Å²) in [5.41, 5.74) is 7.59. The van der Waals surface area contributed by atoms with Crippen molar-refractivity contribution in [2.75, 3.05) is 0 Å². The first-order valence-electron chi connectivity index (χ1n) is 8.81. The van der Waals surface area contributed by atoms with E-state index in [0.717, 1.165) is 12.3 Å². The average molecular weight is 277 g/mol. The number of hydrogen-bond acceptors (Lipinski definition) is 2. The van der Waals surface area contributed by atoms with Gasteiger partial charge in [0, 0.05) is 11.5 Å². The fourth-order valence-electron chi connectivity index (χ4n) is 6.23. The molecule has 114 valence electrons. The van der Waals surface area contributed by atoms with Crippen LogP contribution in [0.2, 0.25) is 0 Å². The van der Waals surface area contributed by atoms with Gasteiger partial charge in [0.2, 0.25) is 0 Å². The molecule has 4 aliphatic carbocycles. The van der Waals surface area contributed by atoms with Crippen LogP contribution in [-0.4, -0.2) is 18.2 Å². The molecule has 2 heteroatoms. The van der Waals surface area contributed by atoms with Crippen molar-refractivity contribution in [1.82, 2.24) is 0 Å². The Morgan fingerprint density at radius 3 is 2.15 bits per heavy atom. The van der Waals surface area contributed by atoms with Gasteiger partial charge in [-0.25, -0.2) is 0 Å². The second-order valence-corrected chi connectivity index (χ2v) is 9.01. The number of fused-ring (bicyclic) bond motifs is 2. The Labute approximate surface area is 123 Å². The molecule has 1 spiro atoms. The normalized spacial score (nSPS) is 51.6. The third kappa shape index (κ3) is 1.43. The molecule has 4 saturated carbocycles. The maximum Gasteiger partial charge on any atom is 0.0665 e. The zero-order chi connectivity index (χ0) is 14.2. The van der Waals surface area contributed by atoms with Crippen LogP contribution in [0.3, 0.4) is 0 Å². The molecule has 0 radical (unpaired) electrons. The van der Waals surface area contributed by atoms with E-state index in [-0.39, 0.29) is 0 Å². The Balaban J connectivity index is 1.51. The van der Waals surface area contributed by atoms with E-state index >= 15 is 0 Å². The fraction of sp³-hybridized carbons (Fsp3) is 1.00. The molecule has 5 unspecified atom stereocenters. The molecule has 0 aromatic heterocycles. The Bertz CT molecular complexity index is 412. The predicted octanol–water partition coefficient (Wildman–Crippen LogP) is 3.88. The van der Waals surface area contributed by atoms with Crippen molar-refractivity contribution in [2.45, 2.75) is 90.4 Å². The van der Waals surface area contributed by atoms with Crippen molar-refractivity contribution in [3.8, 4) is 0 Å². The van der Waals surface area contributed by atoms with Crippen molar-refractivity contribution in [3.05, 3.63) is 0 Å². The molecule has 4 aliphatic rings. The van der Waals surface area contributed by atoms with Crippen LogP contribution in [0.5, 0.6) is 0 Å². The van der Waals surface area contributed by atoms with Crippen molar-refractivity contribution in [1.29, 1.82) is 0 Å². The maximum absolute atomic E-state index is 6.75. The molecule has 0 aromatic rings. The van der Waals surface area contributed by atoms with Gasteiger partial charge in [0.15, 0.2) is 0 Å². The lowest BCUT2D eigenvalue weighted by molar-refractivity contribution is -0.182. The van der Waals surface area contributed by atoms with Crippen molar-refractivity contribution in [2.24, 2.45) is 27.9 Å². The van der Waals surface area contributed by atoms with Crippen molar-refractivity contribution in [3.63, 3.8) is 0 Å². The van der Waals surface area contributed by atoms with Crippen LogP contribution in [0.1, 0.15) is 72.1 Å². The van der Waals surface area contributed by atoms with Gasteiger partial charge in [-0.2, -0.15) is 0 Å². The van der Waals surface area contributed by atoms with E-state index in [0.29, 0.717) is 34.5 Å². The van der Waals surface area contributed by atoms with Crippen molar-refractivity contribution >= 4 is 0 Å². The minimum atomic E-state index is 0.363. The molecule has 0 amide bonds. The molecule has 0 saturated heterocycles. The van der Waals surface area contributed by atoms with E-state index in [9.17, 15) is 0 Å². The van der Waals surface area contributed by atoms with Gasteiger partial charge in [0.25, 0.3) is 0 Å². The van der Waals surface area contributed by atoms with Crippen LogP contribution in [0.4, 0.5) is 0 Å². The molecule has 0 heterocycles. The summed E-state index contributed by atoms with van der Waals surface area (Å²) >= 11 is 0. The Morgan fingerprint density at radius 2 is 1.65 bits per heavy atom. The number of ether oxygens (including phenoxy) is 1.